The summed E-state index contributed by atoms with van der Waals surface area (Å²) in [4.78, 5) is 38.4. The van der Waals surface area contributed by atoms with Crippen molar-refractivity contribution in [1.29, 1.82) is 0 Å². The molecule has 4 heterocycles. The number of fused-ring (bicyclic) bond motifs is 1. The van der Waals surface area contributed by atoms with Gasteiger partial charge in [-0.2, -0.15) is 0 Å². The number of halogens is 2. The highest BCUT2D eigenvalue weighted by molar-refractivity contribution is 7.11. The van der Waals surface area contributed by atoms with Crippen molar-refractivity contribution in [2.75, 3.05) is 32.8 Å². The van der Waals surface area contributed by atoms with Gasteiger partial charge in [0.05, 0.1) is 23.6 Å². The molecule has 2 saturated heterocycles. The van der Waals surface area contributed by atoms with Crippen LogP contribution in [0.25, 0.3) is 0 Å². The van der Waals surface area contributed by atoms with Crippen molar-refractivity contribution in [3.8, 4) is 0 Å². The van der Waals surface area contributed by atoms with Gasteiger partial charge >= 0.3 is 11.9 Å². The van der Waals surface area contributed by atoms with Crippen LogP contribution in [0.5, 0.6) is 0 Å². The second-order valence-electron chi connectivity index (χ2n) is 11.4. The van der Waals surface area contributed by atoms with Crippen LogP contribution in [0.2, 0.25) is 0 Å². The Balaban J connectivity index is 1.52. The second kappa shape index (κ2) is 11.6. The number of nitrogens with one attached hydrogen (secondary N) is 1. The topological polar surface area (TPSA) is 107 Å². The molecule has 4 atom stereocenters. The van der Waals surface area contributed by atoms with Gasteiger partial charge < -0.3 is 15.2 Å². The predicted molar refractivity (Wildman–Crippen MR) is 151 cm³/mol. The van der Waals surface area contributed by atoms with Crippen LogP contribution >= 0.6 is 11.3 Å². The zero-order valence-electron chi connectivity index (χ0n) is 23.6. The zero-order chi connectivity index (χ0) is 29.5. The summed E-state index contributed by atoms with van der Waals surface area (Å²) in [6.07, 6.45) is 1.14. The molecule has 12 heteroatoms. The molecule has 41 heavy (non-hydrogen) atoms. The van der Waals surface area contributed by atoms with E-state index in [2.05, 4.69) is 10.3 Å². The Bertz CT molecular complexity index is 1380. The molecule has 0 bridgehead atoms. The summed E-state index contributed by atoms with van der Waals surface area (Å²) in [6.45, 7) is 7.98. The summed E-state index contributed by atoms with van der Waals surface area (Å²) in [5, 5.41) is 15.3. The van der Waals surface area contributed by atoms with Gasteiger partial charge in [0.15, 0.2) is 10.8 Å². The number of likely N-dealkylation sites (tertiary alicyclic amines) is 2. The van der Waals surface area contributed by atoms with Crippen LogP contribution in [-0.4, -0.2) is 88.7 Å². The second-order valence-corrected chi connectivity index (χ2v) is 12.3. The van der Waals surface area contributed by atoms with Gasteiger partial charge in [-0.1, -0.05) is 12.1 Å². The first-order valence-corrected chi connectivity index (χ1v) is 14.6. The normalized spacial score (nSPS) is 25.2. The Morgan fingerprint density at radius 1 is 1.29 bits per heavy atom. The minimum atomic E-state index is -1.18. The standard InChI is InChI=1S/C29H35F2N5O4S/c1-5-40-27(37)22-20(14-36-13-19(31)24-21(36)9-11-35(24)15-29(3,4)28(38)39)33-25(26-32-10-12-41-26)34-23(22)17-7-6-8-18(30)16(17)2/h6-8,10,12,19,21,23-24H,5,9,11,13-15H2,1-4H3,(H,33,34)(H,38,39)/t19-,21-,23-,24-/m0/s1. The van der Waals surface area contributed by atoms with Crippen molar-refractivity contribution < 1.29 is 28.2 Å². The smallest absolute Gasteiger partial charge is 0.338 e. The molecule has 0 amide bonds. The number of carboxylic acids is 1. The largest absolute Gasteiger partial charge is 0.481 e. The first-order chi connectivity index (χ1) is 19.5. The Kier molecular flexibility index (Phi) is 8.27. The quantitative estimate of drug-likeness (QED) is 0.428. The summed E-state index contributed by atoms with van der Waals surface area (Å²) in [5.41, 5.74) is 0.657. The number of hydrogen-bond donors (Lipinski definition) is 2. The van der Waals surface area contributed by atoms with Crippen LogP contribution in [-0.2, 0) is 14.3 Å². The van der Waals surface area contributed by atoms with Gasteiger partial charge in [-0.05, 0) is 51.3 Å². The highest BCUT2D eigenvalue weighted by Crippen LogP contribution is 2.39. The van der Waals surface area contributed by atoms with Gasteiger partial charge in [-0.25, -0.2) is 18.6 Å². The maximum atomic E-state index is 15.6. The van der Waals surface area contributed by atoms with E-state index < -0.39 is 41.4 Å². The lowest BCUT2D eigenvalue weighted by molar-refractivity contribution is -0.148. The van der Waals surface area contributed by atoms with Crippen LogP contribution < -0.4 is 5.32 Å². The molecule has 0 aliphatic carbocycles. The molecule has 1 aromatic carbocycles. The van der Waals surface area contributed by atoms with E-state index in [1.165, 1.54) is 17.4 Å². The molecule has 2 fully saturated rings. The number of aliphatic imine (C=N–C) groups is 1. The first-order valence-electron chi connectivity index (χ1n) is 13.8. The number of amidine groups is 1. The van der Waals surface area contributed by atoms with E-state index in [4.69, 9.17) is 9.73 Å². The molecule has 0 saturated carbocycles. The molecule has 0 unspecified atom stereocenters. The summed E-state index contributed by atoms with van der Waals surface area (Å²) < 4.78 is 35.8. The number of benzene rings is 1. The van der Waals surface area contributed by atoms with E-state index in [1.807, 2.05) is 15.2 Å². The number of rotatable bonds is 9. The maximum absolute atomic E-state index is 15.6. The summed E-state index contributed by atoms with van der Waals surface area (Å²) in [6, 6.07) is 3.24. The third-order valence-electron chi connectivity index (χ3n) is 8.18. The van der Waals surface area contributed by atoms with Gasteiger partial charge in [0, 0.05) is 49.5 Å². The van der Waals surface area contributed by atoms with E-state index in [9.17, 15) is 19.1 Å². The van der Waals surface area contributed by atoms with Crippen molar-refractivity contribution >= 4 is 29.1 Å². The first kappa shape index (κ1) is 29.3. The number of carboxylic acid groups (broad SMARTS) is 1. The Labute approximate surface area is 241 Å². The van der Waals surface area contributed by atoms with Crippen molar-refractivity contribution in [3.05, 3.63) is 63.0 Å². The molecule has 220 valence electrons. The lowest BCUT2D eigenvalue weighted by atomic mass is 9.92. The fourth-order valence-corrected chi connectivity index (χ4v) is 6.69. The van der Waals surface area contributed by atoms with E-state index in [0.717, 1.165) is 0 Å². The van der Waals surface area contributed by atoms with Crippen LogP contribution in [0.15, 0.2) is 46.0 Å². The van der Waals surface area contributed by atoms with Crippen molar-refractivity contribution in [3.63, 3.8) is 0 Å². The molecule has 9 nitrogen and oxygen atoms in total. The molecule has 5 rings (SSSR count). The number of carbonyl (C=O) groups is 2. The van der Waals surface area contributed by atoms with E-state index in [0.29, 0.717) is 40.6 Å². The number of carbonyl (C=O) groups excluding carboxylic acids is 1. The van der Waals surface area contributed by atoms with Gasteiger partial charge in [0.1, 0.15) is 18.0 Å². The number of aromatic nitrogens is 1. The highest BCUT2D eigenvalue weighted by atomic mass is 32.1. The van der Waals surface area contributed by atoms with Gasteiger partial charge in [-0.15, -0.1) is 11.3 Å². The van der Waals surface area contributed by atoms with Gasteiger partial charge in [0.2, 0.25) is 0 Å². The molecule has 1 aromatic heterocycles. The Morgan fingerprint density at radius 2 is 2.07 bits per heavy atom. The number of ether oxygens (including phenoxy) is 1. The van der Waals surface area contributed by atoms with Crippen LogP contribution in [0.4, 0.5) is 8.78 Å². The molecule has 3 aliphatic rings. The van der Waals surface area contributed by atoms with E-state index >= 15 is 4.39 Å². The van der Waals surface area contributed by atoms with Crippen LogP contribution in [0, 0.1) is 18.2 Å². The third kappa shape index (κ3) is 5.64. The molecule has 3 aliphatic heterocycles. The van der Waals surface area contributed by atoms with Gasteiger partial charge in [0.25, 0.3) is 0 Å². The van der Waals surface area contributed by atoms with Crippen LogP contribution in [0.1, 0.15) is 49.4 Å². The Hall–Kier alpha value is -3.22. The fourth-order valence-electron chi connectivity index (χ4n) is 6.11. The molecular formula is C29H35F2N5O4S. The van der Waals surface area contributed by atoms with E-state index in [-0.39, 0.29) is 37.9 Å². The highest BCUT2D eigenvalue weighted by Gasteiger charge is 2.51. The number of nitrogens with zero attached hydrogens (tertiary/aromatic N) is 4. The zero-order valence-corrected chi connectivity index (χ0v) is 24.4. The molecule has 2 aromatic rings. The molecule has 2 N–H and O–H groups in total. The number of alkyl halides is 1. The minimum Gasteiger partial charge on any atom is -0.481 e. The average Bonchev–Trinajstić information content (AvgIpc) is 3.66. The summed E-state index contributed by atoms with van der Waals surface area (Å²) >= 11 is 1.38. The molecular weight excluding hydrogens is 552 g/mol. The fraction of sp³-hybridized carbons (Fsp3) is 0.517. The molecule has 0 radical (unpaired) electrons. The van der Waals surface area contributed by atoms with Crippen LogP contribution in [0.3, 0.4) is 0 Å². The maximum Gasteiger partial charge on any atom is 0.338 e. The number of thiazole rings is 1. The lowest BCUT2D eigenvalue weighted by Crippen LogP contribution is -2.46. The van der Waals surface area contributed by atoms with Crippen molar-refractivity contribution in [2.45, 2.75) is 58.4 Å². The summed E-state index contributed by atoms with van der Waals surface area (Å²) in [7, 11) is 0. The summed E-state index contributed by atoms with van der Waals surface area (Å²) in [5.74, 6) is -1.46. The van der Waals surface area contributed by atoms with E-state index in [1.54, 1.807) is 46.0 Å². The number of aliphatic carboxylic acids is 1. The number of esters is 1. The monoisotopic (exact) mass is 587 g/mol. The van der Waals surface area contributed by atoms with Crippen molar-refractivity contribution in [1.82, 2.24) is 20.1 Å². The Morgan fingerprint density at radius 3 is 2.76 bits per heavy atom. The van der Waals surface area contributed by atoms with Crippen molar-refractivity contribution in [2.24, 2.45) is 10.4 Å². The van der Waals surface area contributed by atoms with Gasteiger partial charge in [-0.3, -0.25) is 19.6 Å². The number of hydrogen-bond acceptors (Lipinski definition) is 9. The SMILES string of the molecule is CCOC(=O)C1=C(CN2C[C@H](F)[C@H]3[C@@H]2CCN3CC(C)(C)C(=O)O)NC(c2nccs2)=N[C@H]1c1cccc(F)c1C. The molecule has 0 spiro atoms. The third-order valence-corrected chi connectivity index (χ3v) is 8.96. The average molecular weight is 588 g/mol. The predicted octanol–water partition coefficient (Wildman–Crippen LogP) is 3.71. The lowest BCUT2D eigenvalue weighted by Gasteiger charge is -2.32. The minimum absolute atomic E-state index is 0.133.